The highest BCUT2D eigenvalue weighted by molar-refractivity contribution is 7.86. The maximum atomic E-state index is 14.0. The molecule has 37 heteroatoms. The van der Waals surface area contributed by atoms with Gasteiger partial charge in [-0.25, -0.2) is 18.4 Å². The molecule has 3 aromatic rings. The monoisotopic (exact) mass is 1590 g/mol. The zero-order valence-corrected chi connectivity index (χ0v) is 63.3. The first-order chi connectivity index (χ1) is 50.6. The van der Waals surface area contributed by atoms with E-state index in [1.165, 1.54) is 34.1 Å². The maximum absolute atomic E-state index is 14.0. The van der Waals surface area contributed by atoms with Gasteiger partial charge >= 0.3 is 12.0 Å². The van der Waals surface area contributed by atoms with Crippen molar-refractivity contribution in [3.63, 3.8) is 0 Å². The minimum atomic E-state index is -4.64. The number of halogens is 2. The number of carboxylic acid groups (broad SMARTS) is 1. The molecule has 3 fully saturated rings. The lowest BCUT2D eigenvalue weighted by Crippen LogP contribution is -2.53. The van der Waals surface area contributed by atoms with Crippen molar-refractivity contribution in [2.45, 2.75) is 149 Å². The number of benzene rings is 3. The van der Waals surface area contributed by atoms with Crippen LogP contribution in [-0.2, 0) is 91.2 Å². The van der Waals surface area contributed by atoms with Crippen molar-refractivity contribution >= 4 is 93.2 Å². The van der Waals surface area contributed by atoms with E-state index in [-0.39, 0.29) is 139 Å². The van der Waals surface area contributed by atoms with Crippen molar-refractivity contribution in [3.05, 3.63) is 124 Å². The minimum absolute atomic E-state index is 0.0617. The molecule has 9 rings (SSSR count). The quantitative estimate of drug-likeness (QED) is 0.0208. The molecule has 3 aromatic carbocycles. The number of nitriles is 1. The summed E-state index contributed by atoms with van der Waals surface area (Å²) >= 11 is 0. The van der Waals surface area contributed by atoms with E-state index in [0.717, 1.165) is 4.90 Å². The number of likely N-dealkylation sites (tertiary alicyclic amines) is 1. The molecular weight excluding hydrogens is 1500 g/mol. The van der Waals surface area contributed by atoms with Gasteiger partial charge in [0.25, 0.3) is 46.4 Å². The number of carbonyl (C=O) groups is 6. The van der Waals surface area contributed by atoms with Crippen LogP contribution in [0.15, 0.2) is 117 Å². The Labute approximate surface area is 625 Å². The van der Waals surface area contributed by atoms with E-state index >= 15 is 0 Å². The number of urea groups is 1. The summed E-state index contributed by atoms with van der Waals surface area (Å²) in [4.78, 5) is 82.5. The number of rotatable bonds is 33. The number of piperazine rings is 1. The van der Waals surface area contributed by atoms with Crippen LogP contribution in [0.25, 0.3) is 0 Å². The number of allylic oxidation sites excluding steroid dienone is 7. The third-order valence-corrected chi connectivity index (χ3v) is 23.2. The molecule has 6 aliphatic rings. The topological polar surface area (TPSA) is 444 Å². The predicted molar refractivity (Wildman–Crippen MR) is 387 cm³/mol. The summed E-state index contributed by atoms with van der Waals surface area (Å²) < 4.78 is 184. The van der Waals surface area contributed by atoms with E-state index in [4.69, 9.17) is 14.2 Å². The number of unbranched alkanes of at least 4 members (excludes halogenated alkanes) is 2. The number of hydrogen-bond donors (Lipinski definition) is 8. The smallest absolute Gasteiger partial charge is 0.326 e. The number of hydrogen-bond acceptors (Lipinski definition) is 19. The highest BCUT2D eigenvalue weighted by atomic mass is 32.2. The molecule has 0 saturated carbocycles. The van der Waals surface area contributed by atoms with Gasteiger partial charge in [-0.05, 0) is 136 Å². The predicted octanol–water partition coefficient (Wildman–Crippen LogP) is 5.62. The molecule has 31 nitrogen and oxygen atoms in total. The van der Waals surface area contributed by atoms with Crippen molar-refractivity contribution in [3.8, 4) is 11.8 Å². The first-order valence-electron chi connectivity index (χ1n) is 35.2. The van der Waals surface area contributed by atoms with Crippen molar-refractivity contribution in [2.75, 3.05) is 95.2 Å². The highest BCUT2D eigenvalue weighted by Gasteiger charge is 2.51. The number of amides is 6. The Hall–Kier alpha value is -8.58. The van der Waals surface area contributed by atoms with Gasteiger partial charge in [0.2, 0.25) is 29.3 Å². The van der Waals surface area contributed by atoms with Gasteiger partial charge in [0.15, 0.2) is 5.71 Å². The largest absolute Gasteiger partial charge is 0.480 e. The first kappa shape index (κ1) is 83.5. The lowest BCUT2D eigenvalue weighted by atomic mass is 9.81. The number of ether oxygens (including phenoxy) is 3. The average Bonchev–Trinajstić information content (AvgIpc) is 1.59. The maximum Gasteiger partial charge on any atom is 0.326 e. The molecule has 5 heterocycles. The van der Waals surface area contributed by atoms with Gasteiger partial charge in [0, 0.05) is 112 Å². The molecule has 588 valence electrons. The number of alkyl halides is 2. The molecule has 0 unspecified atom stereocenters. The third kappa shape index (κ3) is 21.5. The third-order valence-electron chi connectivity index (χ3n) is 19.9. The minimum Gasteiger partial charge on any atom is -0.480 e. The van der Waals surface area contributed by atoms with Crippen LogP contribution in [0.1, 0.15) is 115 Å². The molecule has 108 heavy (non-hydrogen) atoms. The van der Waals surface area contributed by atoms with E-state index in [1.807, 2.05) is 61.5 Å². The zero-order chi connectivity index (χ0) is 78.9. The average molecular weight is 1590 g/mol. The molecule has 0 bridgehead atoms. The van der Waals surface area contributed by atoms with Gasteiger partial charge in [-0.3, -0.25) is 37.4 Å². The SMILES string of the molecule is CC1(C)C(/C=C/C2=C(Oc3ccc(C[C@H](NC(=O)CCOCCOCCNC(=O)N4CCN(C(=O)C[C@@H]5C[C@@H](C(=O)N6CC(F)(F)C[C@H]6C#N)NC5=O)CC4)C(=O)O)cc3)C(=C/C=C3/N(CCCCS(=O)(=O)O)c4ccc(S(=O)(=O)O)cc4C3(C)C)/CCC2)=[N+](CCCCS(=O)(=O)O)c2ccc(S(=O)(=O)O)cc21. The van der Waals surface area contributed by atoms with Gasteiger partial charge < -0.3 is 54.9 Å². The summed E-state index contributed by atoms with van der Waals surface area (Å²) in [6, 6.07) is 12.4. The summed E-state index contributed by atoms with van der Waals surface area (Å²) in [5.74, 6) is -8.03. The van der Waals surface area contributed by atoms with Crippen LogP contribution in [0, 0.1) is 17.2 Å². The van der Waals surface area contributed by atoms with Crippen LogP contribution >= 0.6 is 0 Å². The van der Waals surface area contributed by atoms with Gasteiger partial charge in [-0.1, -0.05) is 32.1 Å². The first-order valence-corrected chi connectivity index (χ1v) is 41.3. The van der Waals surface area contributed by atoms with Crippen LogP contribution < -0.4 is 25.6 Å². The molecule has 0 spiro atoms. The Morgan fingerprint density at radius 3 is 2.04 bits per heavy atom. The number of aliphatic carboxylic acids is 1. The fourth-order valence-corrected chi connectivity index (χ4v) is 16.4. The van der Waals surface area contributed by atoms with E-state index < -0.39 is 135 Å². The van der Waals surface area contributed by atoms with Crippen LogP contribution in [0.4, 0.5) is 25.0 Å². The van der Waals surface area contributed by atoms with Crippen LogP contribution in [0.5, 0.6) is 5.75 Å². The molecule has 0 aromatic heterocycles. The summed E-state index contributed by atoms with van der Waals surface area (Å²) in [5, 5.41) is 27.3. The van der Waals surface area contributed by atoms with Crippen molar-refractivity contribution in [1.29, 1.82) is 5.26 Å². The Morgan fingerprint density at radius 1 is 0.769 bits per heavy atom. The van der Waals surface area contributed by atoms with Crippen LogP contribution in [-0.4, -0.2) is 232 Å². The summed E-state index contributed by atoms with van der Waals surface area (Å²) in [5.41, 5.74) is 3.65. The van der Waals surface area contributed by atoms with E-state index in [9.17, 15) is 99.8 Å². The Kier molecular flexibility index (Phi) is 26.7. The number of fused-ring (bicyclic) bond motifs is 2. The lowest BCUT2D eigenvalue weighted by Gasteiger charge is -2.35. The van der Waals surface area contributed by atoms with Gasteiger partial charge in [-0.2, -0.15) is 43.5 Å². The molecular formula is C71H90F2N9O22S4+. The molecule has 3 saturated heterocycles. The number of carbonyl (C=O) groups excluding carboxylic acids is 5. The summed E-state index contributed by atoms with van der Waals surface area (Å²) in [6.45, 7) is 8.02. The number of nitrogens with one attached hydrogen (secondary N) is 3. The molecule has 0 radical (unpaired) electrons. The molecule has 1 aliphatic carbocycles. The molecule has 6 amide bonds. The van der Waals surface area contributed by atoms with Crippen molar-refractivity contribution in [2.24, 2.45) is 5.92 Å². The summed E-state index contributed by atoms with van der Waals surface area (Å²) in [6.07, 6.45) is 8.24. The fourth-order valence-electron chi connectivity index (χ4n) is 14.2. The molecule has 8 N–H and O–H groups in total. The Bertz CT molecular complexity index is 4650. The molecule has 5 aliphatic heterocycles. The fraction of sp³-hybridized carbons (Fsp3) is 0.521. The van der Waals surface area contributed by atoms with Crippen molar-refractivity contribution in [1.82, 2.24) is 30.7 Å². The second kappa shape index (κ2) is 34.6. The number of carboxylic acids is 1. The lowest BCUT2D eigenvalue weighted by molar-refractivity contribution is -0.438. The number of nitrogens with zero attached hydrogens (tertiary/aromatic N) is 6. The second-order valence-corrected chi connectivity index (χ2v) is 34.4. The van der Waals surface area contributed by atoms with Gasteiger partial charge in [-0.15, -0.1) is 0 Å². The summed E-state index contributed by atoms with van der Waals surface area (Å²) in [7, 11) is -17.9. The Balaban J connectivity index is 0.813. The van der Waals surface area contributed by atoms with E-state index in [0.29, 0.717) is 81.4 Å². The van der Waals surface area contributed by atoms with Gasteiger partial charge in [0.05, 0.1) is 65.8 Å². The van der Waals surface area contributed by atoms with E-state index in [1.54, 1.807) is 42.5 Å². The molecule has 4 atom stereocenters. The second-order valence-electron chi connectivity index (χ2n) is 28.4. The Morgan fingerprint density at radius 2 is 1.40 bits per heavy atom. The standard InChI is InChI=1S/C71H89F2N9O22S4/c1-69(2)54-41-52(107(96,97)98)18-20-58(54)80(26-5-7-36-105(90,91)92)60(69)22-14-47-10-9-11-48(15-23-61-70(3,4)55-42-53(108(99,100)101)19-21-59(55)81(61)27-6-8-37-106(93,94)95)64(47)104-51-16-12-46(13-17-51)38-57(67(87)88)76-62(83)24-32-102-34-35-103-33-25-75-68(89)79-30-28-78(29-31-79)63(84)40-49-39-56(77-65(49)85)66(86)82-45-71(72,73)43-50(82)44-74/h12-23,41-42,49-50,56-57H,5-11,24-40,43,45H2,1-4H3,(H7-,75,76,77,83,85,87,88,89,90,91,92,93,94,95,96,97,98,99,100,101)/p+1/t49-,50-,56-,57-/m0/s1. The van der Waals surface area contributed by atoms with Crippen LogP contribution in [0.2, 0.25) is 0 Å². The van der Waals surface area contributed by atoms with E-state index in [2.05, 4.69) is 16.0 Å². The van der Waals surface area contributed by atoms with Gasteiger partial charge in [0.1, 0.15) is 36.2 Å². The zero-order valence-electron chi connectivity index (χ0n) is 60.0. The van der Waals surface area contributed by atoms with Crippen LogP contribution in [0.3, 0.4) is 0 Å². The highest BCUT2D eigenvalue weighted by Crippen LogP contribution is 2.49. The normalized spacial score (nSPS) is 21.0. The number of anilines is 1. The van der Waals surface area contributed by atoms with Crippen molar-refractivity contribution < 1.29 is 113 Å².